The molecule has 1 nitrogen and oxygen atoms in total. The quantitative estimate of drug-likeness (QED) is 0.772. The van der Waals surface area contributed by atoms with Crippen molar-refractivity contribution >= 4 is 0 Å². The Bertz CT molecular complexity index is 311. The average molecular weight is 224 g/mol. The number of aliphatic hydroxyl groups excluding tert-OH is 1. The van der Waals surface area contributed by atoms with Crippen molar-refractivity contribution in [3.63, 3.8) is 0 Å². The van der Waals surface area contributed by atoms with E-state index >= 15 is 0 Å². The summed E-state index contributed by atoms with van der Waals surface area (Å²) in [7, 11) is 0. The van der Waals surface area contributed by atoms with E-state index in [2.05, 4.69) is 13.8 Å². The third-order valence-electron chi connectivity index (χ3n) is 3.09. The monoisotopic (exact) mass is 224 g/mol. The fraction of sp³-hybridized carbons (Fsp3) is 0.571. The smallest absolute Gasteiger partial charge is 0.123 e. The first kappa shape index (κ1) is 13.2. The lowest BCUT2D eigenvalue weighted by Gasteiger charge is -2.21. The van der Waals surface area contributed by atoms with Gasteiger partial charge in [-0.25, -0.2) is 4.39 Å². The molecule has 1 rings (SSSR count). The van der Waals surface area contributed by atoms with Gasteiger partial charge >= 0.3 is 0 Å². The van der Waals surface area contributed by atoms with E-state index in [9.17, 15) is 9.50 Å². The van der Waals surface area contributed by atoms with Gasteiger partial charge in [-0.2, -0.15) is 0 Å². The highest BCUT2D eigenvalue weighted by Gasteiger charge is 2.18. The minimum Gasteiger partial charge on any atom is -0.388 e. The molecule has 0 unspecified atom stereocenters. The van der Waals surface area contributed by atoms with Crippen molar-refractivity contribution in [2.45, 2.75) is 45.6 Å². The maximum absolute atomic E-state index is 13.0. The summed E-state index contributed by atoms with van der Waals surface area (Å²) in [5, 5.41) is 10.2. The standard InChI is InChI=1S/C14H21FO/c1-3-5-7-11(4-2)14(16)12-8-6-9-13(15)10-12/h6,8-11,14,16H,3-5,7H2,1-2H3/t11-,14+/m0/s1. The highest BCUT2D eigenvalue weighted by atomic mass is 19.1. The molecule has 0 amide bonds. The lowest BCUT2D eigenvalue weighted by molar-refractivity contribution is 0.0986. The first-order valence-corrected chi connectivity index (χ1v) is 6.12. The van der Waals surface area contributed by atoms with Gasteiger partial charge in [-0.3, -0.25) is 0 Å². The molecule has 0 aliphatic rings. The molecule has 1 N–H and O–H groups in total. The lowest BCUT2D eigenvalue weighted by Crippen LogP contribution is -2.12. The second-order valence-corrected chi connectivity index (χ2v) is 4.31. The second-order valence-electron chi connectivity index (χ2n) is 4.31. The van der Waals surface area contributed by atoms with E-state index in [1.54, 1.807) is 12.1 Å². The Labute approximate surface area is 97.3 Å². The van der Waals surface area contributed by atoms with Crippen molar-refractivity contribution in [3.05, 3.63) is 35.6 Å². The fourth-order valence-electron chi connectivity index (χ4n) is 2.01. The van der Waals surface area contributed by atoms with Crippen LogP contribution in [-0.2, 0) is 0 Å². The first-order valence-electron chi connectivity index (χ1n) is 6.12. The summed E-state index contributed by atoms with van der Waals surface area (Å²) < 4.78 is 13.0. The normalized spacial score (nSPS) is 14.8. The predicted molar refractivity (Wildman–Crippen MR) is 64.7 cm³/mol. The van der Waals surface area contributed by atoms with Crippen LogP contribution in [-0.4, -0.2) is 5.11 Å². The van der Waals surface area contributed by atoms with Gasteiger partial charge in [0.2, 0.25) is 0 Å². The molecule has 2 atom stereocenters. The number of hydrogen-bond donors (Lipinski definition) is 1. The van der Waals surface area contributed by atoms with Crippen LogP contribution in [0.2, 0.25) is 0 Å². The predicted octanol–water partition coefficient (Wildman–Crippen LogP) is 4.08. The van der Waals surface area contributed by atoms with Crippen molar-refractivity contribution < 1.29 is 9.50 Å². The molecule has 0 fully saturated rings. The van der Waals surface area contributed by atoms with Gasteiger partial charge in [-0.15, -0.1) is 0 Å². The molecule has 0 saturated heterocycles. The average Bonchev–Trinajstić information content (AvgIpc) is 2.29. The fourth-order valence-corrected chi connectivity index (χ4v) is 2.01. The van der Waals surface area contributed by atoms with Gasteiger partial charge in [0.15, 0.2) is 0 Å². The Morgan fingerprint density at radius 2 is 2.06 bits per heavy atom. The highest BCUT2D eigenvalue weighted by Crippen LogP contribution is 2.28. The minimum atomic E-state index is -0.535. The Balaban J connectivity index is 2.70. The highest BCUT2D eigenvalue weighted by molar-refractivity contribution is 5.19. The number of unbranched alkanes of at least 4 members (excludes halogenated alkanes) is 1. The van der Waals surface area contributed by atoms with E-state index in [-0.39, 0.29) is 11.7 Å². The zero-order valence-electron chi connectivity index (χ0n) is 10.1. The van der Waals surface area contributed by atoms with Crippen molar-refractivity contribution in [1.29, 1.82) is 0 Å². The van der Waals surface area contributed by atoms with Crippen LogP contribution in [0.3, 0.4) is 0 Å². The van der Waals surface area contributed by atoms with Crippen LogP contribution < -0.4 is 0 Å². The Hall–Kier alpha value is -0.890. The third kappa shape index (κ3) is 3.60. The van der Waals surface area contributed by atoms with Crippen LogP contribution in [0.1, 0.15) is 51.2 Å². The van der Waals surface area contributed by atoms with Crippen LogP contribution in [0.4, 0.5) is 4.39 Å². The molecule has 1 aromatic rings. The second kappa shape index (κ2) is 6.64. The largest absolute Gasteiger partial charge is 0.388 e. The lowest BCUT2D eigenvalue weighted by atomic mass is 9.89. The van der Waals surface area contributed by atoms with Gasteiger partial charge in [0, 0.05) is 0 Å². The molecule has 0 aromatic heterocycles. The first-order chi connectivity index (χ1) is 7.69. The van der Waals surface area contributed by atoms with Crippen LogP contribution in [0.15, 0.2) is 24.3 Å². The zero-order chi connectivity index (χ0) is 12.0. The molecule has 16 heavy (non-hydrogen) atoms. The summed E-state index contributed by atoms with van der Waals surface area (Å²) >= 11 is 0. The molecule has 0 heterocycles. The van der Waals surface area contributed by atoms with E-state index in [1.165, 1.54) is 12.1 Å². The maximum atomic E-state index is 13.0. The molecule has 0 bridgehead atoms. The van der Waals surface area contributed by atoms with Gasteiger partial charge in [0.25, 0.3) is 0 Å². The van der Waals surface area contributed by atoms with Crippen molar-refractivity contribution in [2.24, 2.45) is 5.92 Å². The number of halogens is 1. The maximum Gasteiger partial charge on any atom is 0.123 e. The van der Waals surface area contributed by atoms with E-state index in [0.29, 0.717) is 5.56 Å². The van der Waals surface area contributed by atoms with E-state index in [1.807, 2.05) is 0 Å². The summed E-state index contributed by atoms with van der Waals surface area (Å²) in [6, 6.07) is 6.28. The molecule has 0 aliphatic carbocycles. The van der Waals surface area contributed by atoms with Crippen LogP contribution in [0, 0.1) is 11.7 Å². The summed E-state index contributed by atoms with van der Waals surface area (Å²) in [5.74, 6) is -0.0383. The van der Waals surface area contributed by atoms with Gasteiger partial charge in [0.1, 0.15) is 5.82 Å². The Kier molecular flexibility index (Phi) is 5.47. The molecule has 90 valence electrons. The molecule has 2 heteroatoms. The number of aliphatic hydroxyl groups is 1. The summed E-state index contributed by atoms with van der Waals surface area (Å²) in [4.78, 5) is 0. The van der Waals surface area contributed by atoms with E-state index in [4.69, 9.17) is 0 Å². The van der Waals surface area contributed by atoms with Crippen molar-refractivity contribution in [3.8, 4) is 0 Å². The third-order valence-corrected chi connectivity index (χ3v) is 3.09. The Morgan fingerprint density at radius 1 is 1.31 bits per heavy atom. The Morgan fingerprint density at radius 3 is 2.62 bits per heavy atom. The number of hydrogen-bond acceptors (Lipinski definition) is 1. The molecule has 0 radical (unpaired) electrons. The SMILES string of the molecule is CCCC[C@H](CC)[C@@H](O)c1cccc(F)c1. The van der Waals surface area contributed by atoms with Crippen LogP contribution in [0.5, 0.6) is 0 Å². The van der Waals surface area contributed by atoms with E-state index in [0.717, 1.165) is 25.7 Å². The van der Waals surface area contributed by atoms with E-state index < -0.39 is 6.10 Å². The summed E-state index contributed by atoms with van der Waals surface area (Å²) in [6.45, 7) is 4.21. The summed E-state index contributed by atoms with van der Waals surface area (Å²) in [6.07, 6.45) is 3.65. The summed E-state index contributed by atoms with van der Waals surface area (Å²) in [5.41, 5.74) is 0.697. The van der Waals surface area contributed by atoms with Crippen LogP contribution in [0.25, 0.3) is 0 Å². The molecule has 0 aliphatic heterocycles. The molecule has 0 saturated carbocycles. The topological polar surface area (TPSA) is 20.2 Å². The van der Waals surface area contributed by atoms with Gasteiger partial charge in [-0.1, -0.05) is 45.2 Å². The minimum absolute atomic E-state index is 0.238. The number of rotatable bonds is 6. The molecular weight excluding hydrogens is 203 g/mol. The zero-order valence-corrected chi connectivity index (χ0v) is 10.1. The van der Waals surface area contributed by atoms with Gasteiger partial charge in [0.05, 0.1) is 6.10 Å². The molecular formula is C14H21FO. The van der Waals surface area contributed by atoms with Crippen LogP contribution >= 0.6 is 0 Å². The molecule has 0 spiro atoms. The van der Waals surface area contributed by atoms with Gasteiger partial charge < -0.3 is 5.11 Å². The van der Waals surface area contributed by atoms with Crippen molar-refractivity contribution in [2.75, 3.05) is 0 Å². The van der Waals surface area contributed by atoms with Gasteiger partial charge in [-0.05, 0) is 30.0 Å². The molecule has 1 aromatic carbocycles. The van der Waals surface area contributed by atoms with Crippen molar-refractivity contribution in [1.82, 2.24) is 0 Å². The number of benzene rings is 1.